The Morgan fingerprint density at radius 2 is 2.05 bits per heavy atom. The Kier molecular flexibility index (Phi) is 7.16. The normalized spacial score (nSPS) is 16.8. The highest BCUT2D eigenvalue weighted by Gasteiger charge is 2.22. The summed E-state index contributed by atoms with van der Waals surface area (Å²) in [6.45, 7) is 7.76. The second-order valence-electron chi connectivity index (χ2n) is 6.09. The molecule has 5 heteroatoms. The van der Waals surface area contributed by atoms with Crippen LogP contribution < -0.4 is 11.1 Å². The van der Waals surface area contributed by atoms with Crippen LogP contribution in [0.3, 0.4) is 0 Å². The molecule has 0 saturated heterocycles. The fraction of sp³-hybridized carbons (Fsp3) is 0.929. The fourth-order valence-corrected chi connectivity index (χ4v) is 1.88. The molecule has 1 aliphatic rings. The molecule has 0 amide bonds. The molecule has 4 N–H and O–H groups in total. The second kappa shape index (κ2) is 8.38. The molecule has 0 aliphatic heterocycles. The minimum Gasteiger partial charge on any atom is -0.409 e. The first-order chi connectivity index (χ1) is 9.06. The molecule has 1 aliphatic carbocycles. The van der Waals surface area contributed by atoms with Gasteiger partial charge in [-0.25, -0.2) is 0 Å². The Hall–Kier alpha value is -0.810. The van der Waals surface area contributed by atoms with Gasteiger partial charge in [-0.1, -0.05) is 19.0 Å². The maximum absolute atomic E-state index is 8.67. The van der Waals surface area contributed by atoms with Crippen molar-refractivity contribution >= 4 is 5.84 Å². The minimum atomic E-state index is -0.232. The van der Waals surface area contributed by atoms with Crippen molar-refractivity contribution in [2.24, 2.45) is 22.2 Å². The SMILES string of the molecule is CC(C)(CCCNCCCOCC1CC1)C(N)=NO. The average Bonchev–Trinajstić information content (AvgIpc) is 3.19. The summed E-state index contributed by atoms with van der Waals surface area (Å²) in [6, 6.07) is 0. The van der Waals surface area contributed by atoms with E-state index in [0.717, 1.165) is 51.5 Å². The van der Waals surface area contributed by atoms with Gasteiger partial charge in [0.15, 0.2) is 0 Å². The minimum absolute atomic E-state index is 0.232. The first-order valence-corrected chi connectivity index (χ1v) is 7.33. The first kappa shape index (κ1) is 16.2. The predicted molar refractivity (Wildman–Crippen MR) is 77.5 cm³/mol. The van der Waals surface area contributed by atoms with Crippen LogP contribution in [0, 0.1) is 11.3 Å². The van der Waals surface area contributed by atoms with Crippen LogP contribution in [0.2, 0.25) is 0 Å². The molecule has 1 fully saturated rings. The molecule has 1 rings (SSSR count). The number of ether oxygens (including phenoxy) is 1. The van der Waals surface area contributed by atoms with Crippen LogP contribution >= 0.6 is 0 Å². The molecule has 5 nitrogen and oxygen atoms in total. The second-order valence-corrected chi connectivity index (χ2v) is 6.09. The summed E-state index contributed by atoms with van der Waals surface area (Å²) in [6.07, 6.45) is 5.71. The van der Waals surface area contributed by atoms with Gasteiger partial charge in [-0.15, -0.1) is 0 Å². The Balaban J connectivity index is 1.87. The molecular weight excluding hydrogens is 242 g/mol. The number of hydrogen-bond acceptors (Lipinski definition) is 4. The van der Waals surface area contributed by atoms with Crippen LogP contribution in [-0.2, 0) is 4.74 Å². The maximum atomic E-state index is 8.67. The fourth-order valence-electron chi connectivity index (χ4n) is 1.88. The molecule has 0 aromatic carbocycles. The largest absolute Gasteiger partial charge is 0.409 e. The van der Waals surface area contributed by atoms with Gasteiger partial charge in [0.2, 0.25) is 0 Å². The van der Waals surface area contributed by atoms with Crippen LogP contribution in [0.5, 0.6) is 0 Å². The van der Waals surface area contributed by atoms with E-state index in [1.54, 1.807) is 0 Å². The van der Waals surface area contributed by atoms with E-state index >= 15 is 0 Å². The Morgan fingerprint density at radius 3 is 2.68 bits per heavy atom. The number of nitrogens with two attached hydrogens (primary N) is 1. The topological polar surface area (TPSA) is 79.9 Å². The van der Waals surface area contributed by atoms with Crippen molar-refractivity contribution < 1.29 is 9.94 Å². The molecule has 0 atom stereocenters. The summed E-state index contributed by atoms with van der Waals surface area (Å²) in [4.78, 5) is 0. The van der Waals surface area contributed by atoms with E-state index < -0.39 is 0 Å². The van der Waals surface area contributed by atoms with Gasteiger partial charge in [-0.3, -0.25) is 0 Å². The van der Waals surface area contributed by atoms with E-state index in [-0.39, 0.29) is 5.41 Å². The Labute approximate surface area is 116 Å². The summed E-state index contributed by atoms with van der Waals surface area (Å²) in [5.41, 5.74) is 5.41. The van der Waals surface area contributed by atoms with Crippen molar-refractivity contribution in [3.63, 3.8) is 0 Å². The Morgan fingerprint density at radius 1 is 1.37 bits per heavy atom. The molecule has 0 heterocycles. The van der Waals surface area contributed by atoms with Crippen molar-refractivity contribution in [3.8, 4) is 0 Å². The summed E-state index contributed by atoms with van der Waals surface area (Å²) in [5.74, 6) is 1.16. The summed E-state index contributed by atoms with van der Waals surface area (Å²) in [7, 11) is 0. The number of nitrogens with one attached hydrogen (secondary N) is 1. The lowest BCUT2D eigenvalue weighted by atomic mass is 9.86. The highest BCUT2D eigenvalue weighted by atomic mass is 16.5. The molecule has 0 bridgehead atoms. The average molecular weight is 271 g/mol. The number of nitrogens with zero attached hydrogens (tertiary/aromatic N) is 1. The highest BCUT2D eigenvalue weighted by molar-refractivity contribution is 5.85. The lowest BCUT2D eigenvalue weighted by Crippen LogP contribution is -2.32. The van der Waals surface area contributed by atoms with E-state index in [9.17, 15) is 0 Å². The molecule has 0 radical (unpaired) electrons. The third kappa shape index (κ3) is 7.38. The third-order valence-electron chi connectivity index (χ3n) is 3.65. The lowest BCUT2D eigenvalue weighted by molar-refractivity contribution is 0.122. The molecule has 112 valence electrons. The standard InChI is InChI=1S/C14H29N3O2/c1-14(2,13(15)17-18)7-3-8-16-9-4-10-19-11-12-5-6-12/h12,16,18H,3-11H2,1-2H3,(H2,15,17). The number of oxime groups is 1. The highest BCUT2D eigenvalue weighted by Crippen LogP contribution is 2.28. The zero-order chi connectivity index (χ0) is 14.1. The van der Waals surface area contributed by atoms with Crippen LogP contribution in [0.25, 0.3) is 0 Å². The first-order valence-electron chi connectivity index (χ1n) is 7.33. The molecule has 0 unspecified atom stereocenters. The maximum Gasteiger partial charge on any atom is 0.144 e. The van der Waals surface area contributed by atoms with Gasteiger partial charge < -0.3 is 21.0 Å². The predicted octanol–water partition coefficient (Wildman–Crippen LogP) is 1.95. The molecule has 0 aromatic heterocycles. The van der Waals surface area contributed by atoms with Crippen molar-refractivity contribution in [3.05, 3.63) is 0 Å². The van der Waals surface area contributed by atoms with E-state index in [2.05, 4.69) is 10.5 Å². The summed E-state index contributed by atoms with van der Waals surface area (Å²) < 4.78 is 5.56. The van der Waals surface area contributed by atoms with Crippen molar-refractivity contribution in [2.45, 2.75) is 46.0 Å². The zero-order valence-corrected chi connectivity index (χ0v) is 12.3. The monoisotopic (exact) mass is 271 g/mol. The molecule has 0 spiro atoms. The third-order valence-corrected chi connectivity index (χ3v) is 3.65. The van der Waals surface area contributed by atoms with Crippen molar-refractivity contribution in [1.29, 1.82) is 0 Å². The summed E-state index contributed by atoms with van der Waals surface area (Å²) in [5, 5.41) is 15.2. The van der Waals surface area contributed by atoms with Gasteiger partial charge in [0.05, 0.1) is 0 Å². The van der Waals surface area contributed by atoms with Gasteiger partial charge in [0.25, 0.3) is 0 Å². The zero-order valence-electron chi connectivity index (χ0n) is 12.3. The van der Waals surface area contributed by atoms with Gasteiger partial charge in [-0.05, 0) is 51.1 Å². The molecular formula is C14H29N3O2. The van der Waals surface area contributed by atoms with Crippen LogP contribution in [0.15, 0.2) is 5.16 Å². The van der Waals surface area contributed by atoms with Gasteiger partial charge >= 0.3 is 0 Å². The lowest BCUT2D eigenvalue weighted by Gasteiger charge is -2.22. The van der Waals surface area contributed by atoms with E-state index in [4.69, 9.17) is 15.7 Å². The molecule has 1 saturated carbocycles. The van der Waals surface area contributed by atoms with Crippen molar-refractivity contribution in [2.75, 3.05) is 26.3 Å². The van der Waals surface area contributed by atoms with Gasteiger partial charge in [-0.2, -0.15) is 0 Å². The number of rotatable bonds is 11. The van der Waals surface area contributed by atoms with E-state index in [1.807, 2.05) is 13.8 Å². The van der Waals surface area contributed by atoms with E-state index in [0.29, 0.717) is 5.84 Å². The van der Waals surface area contributed by atoms with Gasteiger partial charge in [0.1, 0.15) is 5.84 Å². The van der Waals surface area contributed by atoms with Gasteiger partial charge in [0, 0.05) is 18.6 Å². The van der Waals surface area contributed by atoms with Crippen LogP contribution in [0.1, 0.15) is 46.0 Å². The van der Waals surface area contributed by atoms with Crippen LogP contribution in [-0.4, -0.2) is 37.3 Å². The smallest absolute Gasteiger partial charge is 0.144 e. The quantitative estimate of drug-likeness (QED) is 0.176. The van der Waals surface area contributed by atoms with E-state index in [1.165, 1.54) is 12.8 Å². The molecule has 0 aromatic rings. The number of amidine groups is 1. The Bertz CT molecular complexity index is 276. The number of hydrogen-bond donors (Lipinski definition) is 3. The summed E-state index contributed by atoms with van der Waals surface area (Å²) >= 11 is 0. The van der Waals surface area contributed by atoms with Crippen LogP contribution in [0.4, 0.5) is 0 Å². The van der Waals surface area contributed by atoms with Crippen molar-refractivity contribution in [1.82, 2.24) is 5.32 Å². The molecule has 19 heavy (non-hydrogen) atoms.